The van der Waals surface area contributed by atoms with Crippen LogP contribution < -0.4 is 5.73 Å². The number of aryl methyl sites for hydroxylation is 1. The van der Waals surface area contributed by atoms with E-state index in [1.165, 1.54) is 0 Å². The van der Waals surface area contributed by atoms with Gasteiger partial charge in [0.15, 0.2) is 0 Å². The zero-order chi connectivity index (χ0) is 10.6. The van der Waals surface area contributed by atoms with Gasteiger partial charge in [0.1, 0.15) is 6.29 Å². The minimum atomic E-state index is -0.439. The first-order valence-electron chi connectivity index (χ1n) is 4.57. The Morgan fingerprint density at radius 3 is 2.71 bits per heavy atom. The molecule has 1 aromatic carbocycles. The van der Waals surface area contributed by atoms with Gasteiger partial charge in [-0.1, -0.05) is 19.4 Å². The number of benzene rings is 1. The van der Waals surface area contributed by atoms with Crippen molar-refractivity contribution in [1.82, 2.24) is 0 Å². The fourth-order valence-corrected chi connectivity index (χ4v) is 1.40. The fraction of sp³-hybridized carbons (Fsp3) is 0.273. The predicted molar refractivity (Wildman–Crippen MR) is 54.3 cm³/mol. The molecule has 1 rings (SSSR count). The van der Waals surface area contributed by atoms with Crippen LogP contribution in [-0.4, -0.2) is 12.2 Å². The fourth-order valence-electron chi connectivity index (χ4n) is 1.40. The van der Waals surface area contributed by atoms with Crippen LogP contribution >= 0.6 is 0 Å². The third kappa shape index (κ3) is 2.19. The van der Waals surface area contributed by atoms with Gasteiger partial charge in [-0.2, -0.15) is 0 Å². The van der Waals surface area contributed by atoms with E-state index in [1.54, 1.807) is 18.2 Å². The number of rotatable bonds is 4. The second-order valence-electron chi connectivity index (χ2n) is 3.15. The molecule has 74 valence electrons. The number of hydrogen-bond acceptors (Lipinski definition) is 2. The second kappa shape index (κ2) is 4.56. The van der Waals surface area contributed by atoms with E-state index in [1.807, 2.05) is 6.92 Å². The second-order valence-corrected chi connectivity index (χ2v) is 3.15. The summed E-state index contributed by atoms with van der Waals surface area (Å²) >= 11 is 0. The van der Waals surface area contributed by atoms with E-state index in [9.17, 15) is 9.59 Å². The van der Waals surface area contributed by atoms with Crippen LogP contribution in [0.1, 0.15) is 39.6 Å². The Labute approximate surface area is 82.9 Å². The summed E-state index contributed by atoms with van der Waals surface area (Å²) in [4.78, 5) is 21.6. The first kappa shape index (κ1) is 10.4. The molecule has 0 saturated carbocycles. The smallest absolute Gasteiger partial charge is 0.248 e. The highest BCUT2D eigenvalue weighted by Gasteiger charge is 2.07. The summed E-state index contributed by atoms with van der Waals surface area (Å²) in [6.07, 6.45) is 2.45. The van der Waals surface area contributed by atoms with Crippen molar-refractivity contribution in [1.29, 1.82) is 0 Å². The molecule has 0 spiro atoms. The van der Waals surface area contributed by atoms with Crippen molar-refractivity contribution in [2.45, 2.75) is 19.8 Å². The molecule has 0 heterocycles. The van der Waals surface area contributed by atoms with Crippen LogP contribution in [0.3, 0.4) is 0 Å². The lowest BCUT2D eigenvalue weighted by molar-refractivity contribution is 0.0998. The van der Waals surface area contributed by atoms with E-state index < -0.39 is 5.91 Å². The summed E-state index contributed by atoms with van der Waals surface area (Å²) in [5.41, 5.74) is 7.15. The number of hydrogen-bond donors (Lipinski definition) is 1. The van der Waals surface area contributed by atoms with Gasteiger partial charge in [0.2, 0.25) is 5.91 Å². The van der Waals surface area contributed by atoms with Crippen LogP contribution in [0, 0.1) is 0 Å². The van der Waals surface area contributed by atoms with Gasteiger partial charge in [0.25, 0.3) is 0 Å². The Morgan fingerprint density at radius 1 is 1.50 bits per heavy atom. The first-order chi connectivity index (χ1) is 6.69. The van der Waals surface area contributed by atoms with Gasteiger partial charge >= 0.3 is 0 Å². The number of aldehydes is 1. The van der Waals surface area contributed by atoms with E-state index in [4.69, 9.17) is 5.73 Å². The molecule has 0 aliphatic carbocycles. The maximum Gasteiger partial charge on any atom is 0.248 e. The zero-order valence-electron chi connectivity index (χ0n) is 8.12. The average molecular weight is 191 g/mol. The average Bonchev–Trinajstić information content (AvgIpc) is 2.17. The molecule has 14 heavy (non-hydrogen) atoms. The quantitative estimate of drug-likeness (QED) is 0.734. The monoisotopic (exact) mass is 191 g/mol. The molecule has 0 saturated heterocycles. The van der Waals surface area contributed by atoms with Crippen molar-refractivity contribution >= 4 is 12.2 Å². The predicted octanol–water partition coefficient (Wildman–Crippen LogP) is 1.55. The molecule has 1 amide bonds. The van der Waals surface area contributed by atoms with E-state index in [-0.39, 0.29) is 0 Å². The zero-order valence-corrected chi connectivity index (χ0v) is 8.12. The molecular weight excluding hydrogens is 178 g/mol. The summed E-state index contributed by atoms with van der Waals surface area (Å²) < 4.78 is 0. The third-order valence-corrected chi connectivity index (χ3v) is 2.05. The first-order valence-corrected chi connectivity index (χ1v) is 4.57. The lowest BCUT2D eigenvalue weighted by atomic mass is 10.0. The summed E-state index contributed by atoms with van der Waals surface area (Å²) in [5, 5.41) is 0. The molecule has 3 nitrogen and oxygen atoms in total. The third-order valence-electron chi connectivity index (χ3n) is 2.05. The van der Waals surface area contributed by atoms with E-state index in [0.29, 0.717) is 11.1 Å². The van der Waals surface area contributed by atoms with Crippen molar-refractivity contribution < 1.29 is 9.59 Å². The lowest BCUT2D eigenvalue weighted by Gasteiger charge is -2.05. The standard InChI is InChI=1S/C11H13NO2/c1-2-3-9-6-8(7-13)4-5-10(9)11(12)14/h4-7H,2-3H2,1H3,(H2,12,14). The highest BCUT2D eigenvalue weighted by molar-refractivity contribution is 5.95. The molecule has 2 N–H and O–H groups in total. The van der Waals surface area contributed by atoms with Gasteiger partial charge in [-0.25, -0.2) is 0 Å². The summed E-state index contributed by atoms with van der Waals surface area (Å²) in [6, 6.07) is 4.93. The minimum Gasteiger partial charge on any atom is -0.366 e. The number of primary amides is 1. The van der Waals surface area contributed by atoms with Crippen molar-refractivity contribution in [3.05, 3.63) is 34.9 Å². The molecule has 0 aromatic heterocycles. The number of amides is 1. The highest BCUT2D eigenvalue weighted by Crippen LogP contribution is 2.12. The van der Waals surface area contributed by atoms with Crippen LogP contribution in [0.25, 0.3) is 0 Å². The van der Waals surface area contributed by atoms with Crippen molar-refractivity contribution in [3.8, 4) is 0 Å². The molecule has 0 unspecified atom stereocenters. The Kier molecular flexibility index (Phi) is 3.40. The molecule has 0 aliphatic rings. The van der Waals surface area contributed by atoms with E-state index >= 15 is 0 Å². The maximum absolute atomic E-state index is 11.0. The SMILES string of the molecule is CCCc1cc(C=O)ccc1C(N)=O. The molecule has 0 atom stereocenters. The summed E-state index contributed by atoms with van der Waals surface area (Å²) in [5.74, 6) is -0.439. The van der Waals surface area contributed by atoms with Crippen LogP contribution in [0.15, 0.2) is 18.2 Å². The van der Waals surface area contributed by atoms with Crippen molar-refractivity contribution in [2.24, 2.45) is 5.73 Å². The Morgan fingerprint density at radius 2 is 2.21 bits per heavy atom. The molecule has 0 fully saturated rings. The Bertz CT molecular complexity index is 358. The topological polar surface area (TPSA) is 60.2 Å². The summed E-state index contributed by atoms with van der Waals surface area (Å²) in [6.45, 7) is 2.01. The maximum atomic E-state index is 11.0. The highest BCUT2D eigenvalue weighted by atomic mass is 16.1. The van der Waals surface area contributed by atoms with Gasteiger partial charge in [-0.05, 0) is 24.1 Å². The molecule has 0 radical (unpaired) electrons. The largest absolute Gasteiger partial charge is 0.366 e. The number of carbonyl (C=O) groups excluding carboxylic acids is 2. The van der Waals surface area contributed by atoms with Gasteiger partial charge in [0, 0.05) is 11.1 Å². The van der Waals surface area contributed by atoms with Crippen LogP contribution in [-0.2, 0) is 6.42 Å². The minimum absolute atomic E-state index is 0.439. The van der Waals surface area contributed by atoms with Crippen LogP contribution in [0.5, 0.6) is 0 Å². The molecule has 3 heteroatoms. The molecule has 0 aliphatic heterocycles. The van der Waals surface area contributed by atoms with Gasteiger partial charge in [-0.15, -0.1) is 0 Å². The van der Waals surface area contributed by atoms with Crippen molar-refractivity contribution in [3.63, 3.8) is 0 Å². The number of carbonyl (C=O) groups is 2. The lowest BCUT2D eigenvalue weighted by Crippen LogP contribution is -2.14. The van der Waals surface area contributed by atoms with Gasteiger partial charge in [-0.3, -0.25) is 9.59 Å². The summed E-state index contributed by atoms with van der Waals surface area (Å²) in [7, 11) is 0. The Hall–Kier alpha value is -1.64. The molecule has 1 aromatic rings. The normalized spacial score (nSPS) is 9.79. The van der Waals surface area contributed by atoms with Gasteiger partial charge in [0.05, 0.1) is 0 Å². The van der Waals surface area contributed by atoms with Crippen molar-refractivity contribution in [2.75, 3.05) is 0 Å². The van der Waals surface area contributed by atoms with Crippen LogP contribution in [0.4, 0.5) is 0 Å². The van der Waals surface area contributed by atoms with Gasteiger partial charge < -0.3 is 5.73 Å². The van der Waals surface area contributed by atoms with E-state index in [0.717, 1.165) is 24.7 Å². The molecule has 0 bridgehead atoms. The van der Waals surface area contributed by atoms with Crippen LogP contribution in [0.2, 0.25) is 0 Å². The van der Waals surface area contributed by atoms with E-state index in [2.05, 4.69) is 0 Å². The number of nitrogens with two attached hydrogens (primary N) is 1. The Balaban J connectivity index is 3.16. The molecular formula is C11H13NO2.